The number of likely N-dealkylation sites (tertiary alicyclic amines) is 1. The molecule has 1 fully saturated rings. The Morgan fingerprint density at radius 2 is 1.53 bits per heavy atom. The Bertz CT molecular complexity index is 1260. The molecule has 4 rings (SSSR count). The van der Waals surface area contributed by atoms with E-state index in [1.807, 2.05) is 78.9 Å². The largest absolute Gasteiger partial charge is 0.497 e. The van der Waals surface area contributed by atoms with Gasteiger partial charge in [-0.2, -0.15) is 0 Å². The van der Waals surface area contributed by atoms with Crippen LogP contribution >= 0.6 is 0 Å². The van der Waals surface area contributed by atoms with E-state index < -0.39 is 15.6 Å². The number of nitrogens with zero attached hydrogens (tertiary/aromatic N) is 2. The summed E-state index contributed by atoms with van der Waals surface area (Å²) < 4.78 is 32.3. The van der Waals surface area contributed by atoms with Gasteiger partial charge < -0.3 is 14.7 Å². The average Bonchev–Trinajstić information content (AvgIpc) is 2.94. The first-order valence-electron chi connectivity index (χ1n) is 13.5. The maximum absolute atomic E-state index is 12.7. The molecule has 2 atom stereocenters. The number of ether oxygens (including phenoxy) is 1. The minimum Gasteiger partial charge on any atom is -0.497 e. The van der Waals surface area contributed by atoms with Gasteiger partial charge in [-0.25, -0.2) is 8.42 Å². The molecule has 1 N–H and O–H groups in total. The highest BCUT2D eigenvalue weighted by Crippen LogP contribution is 2.45. The molecule has 1 aliphatic heterocycles. The van der Waals surface area contributed by atoms with Crippen LogP contribution in [-0.2, 0) is 15.6 Å². The zero-order valence-electron chi connectivity index (χ0n) is 22.7. The molecule has 6 nitrogen and oxygen atoms in total. The molecular weight excluding hydrogens is 496 g/mol. The van der Waals surface area contributed by atoms with Gasteiger partial charge in [0.2, 0.25) is 10.0 Å². The molecule has 38 heavy (non-hydrogen) atoms. The van der Waals surface area contributed by atoms with Crippen LogP contribution in [-0.4, -0.2) is 58.0 Å². The van der Waals surface area contributed by atoms with Crippen LogP contribution in [0.25, 0.3) is 0 Å². The van der Waals surface area contributed by atoms with Gasteiger partial charge in [0.15, 0.2) is 0 Å². The van der Waals surface area contributed by atoms with Crippen LogP contribution < -0.4 is 9.04 Å². The number of benzene rings is 3. The standard InChI is InChI=1S/C31H40N2O4S/c1-4-30(25-13-19-29(37-2)20-14-25)31(34,26-11-7-5-8-12-26)27-15-17-28(18-16-27)33(38(3,35)36)24-23-32-21-9-6-10-22-32/h5,7-8,11-20,30,34H,4,6,9-10,21-24H2,1-3H3. The molecule has 0 saturated carbocycles. The first kappa shape index (κ1) is 28.1. The van der Waals surface area contributed by atoms with Crippen molar-refractivity contribution in [2.45, 2.75) is 44.1 Å². The van der Waals surface area contributed by atoms with E-state index in [1.54, 1.807) is 7.11 Å². The molecule has 2 unspecified atom stereocenters. The average molecular weight is 537 g/mol. The highest BCUT2D eigenvalue weighted by atomic mass is 32.2. The van der Waals surface area contributed by atoms with Crippen molar-refractivity contribution < 1.29 is 18.3 Å². The van der Waals surface area contributed by atoms with Crippen LogP contribution in [0.4, 0.5) is 5.69 Å². The summed E-state index contributed by atoms with van der Waals surface area (Å²) >= 11 is 0. The molecule has 204 valence electrons. The van der Waals surface area contributed by atoms with Crippen molar-refractivity contribution >= 4 is 15.7 Å². The Morgan fingerprint density at radius 3 is 2.08 bits per heavy atom. The zero-order valence-corrected chi connectivity index (χ0v) is 23.5. The van der Waals surface area contributed by atoms with Crippen molar-refractivity contribution in [3.63, 3.8) is 0 Å². The number of anilines is 1. The molecule has 0 bridgehead atoms. The molecule has 1 saturated heterocycles. The van der Waals surface area contributed by atoms with Crippen LogP contribution in [0.1, 0.15) is 55.2 Å². The molecule has 1 aliphatic rings. The van der Waals surface area contributed by atoms with Gasteiger partial charge in [-0.3, -0.25) is 4.31 Å². The lowest BCUT2D eigenvalue weighted by atomic mass is 9.72. The number of sulfonamides is 1. The molecule has 0 amide bonds. The van der Waals surface area contributed by atoms with Crippen molar-refractivity contribution in [1.82, 2.24) is 4.90 Å². The van der Waals surface area contributed by atoms with Crippen LogP contribution in [0.15, 0.2) is 78.9 Å². The van der Waals surface area contributed by atoms with E-state index >= 15 is 0 Å². The number of hydrogen-bond acceptors (Lipinski definition) is 5. The summed E-state index contributed by atoms with van der Waals surface area (Å²) in [6.45, 7) is 5.22. The van der Waals surface area contributed by atoms with Crippen molar-refractivity contribution in [2.75, 3.05) is 43.8 Å². The maximum atomic E-state index is 12.7. The molecule has 3 aromatic rings. The third-order valence-corrected chi connectivity index (χ3v) is 8.90. The lowest BCUT2D eigenvalue weighted by molar-refractivity contribution is 0.0476. The molecule has 1 heterocycles. The second kappa shape index (κ2) is 12.3. The first-order chi connectivity index (χ1) is 18.3. The summed E-state index contributed by atoms with van der Waals surface area (Å²) in [5.74, 6) is 0.536. The summed E-state index contributed by atoms with van der Waals surface area (Å²) in [6, 6.07) is 24.9. The molecule has 3 aromatic carbocycles. The van der Waals surface area contributed by atoms with Gasteiger partial charge in [-0.15, -0.1) is 0 Å². The quantitative estimate of drug-likeness (QED) is 0.357. The zero-order chi connectivity index (χ0) is 27.2. The fraction of sp³-hybridized carbons (Fsp3) is 0.419. The molecular formula is C31H40N2O4S. The predicted molar refractivity (Wildman–Crippen MR) is 154 cm³/mol. The Kier molecular flexibility index (Phi) is 9.13. The van der Waals surface area contributed by atoms with Gasteiger partial charge in [0, 0.05) is 19.0 Å². The van der Waals surface area contributed by atoms with Crippen molar-refractivity contribution in [3.05, 3.63) is 95.6 Å². The van der Waals surface area contributed by atoms with Crippen molar-refractivity contribution in [1.29, 1.82) is 0 Å². The van der Waals surface area contributed by atoms with E-state index in [0.29, 0.717) is 25.2 Å². The summed E-state index contributed by atoms with van der Waals surface area (Å²) in [5, 5.41) is 12.5. The molecule has 0 radical (unpaired) electrons. The Labute approximate surface area is 227 Å². The van der Waals surface area contributed by atoms with E-state index in [1.165, 1.54) is 29.8 Å². The fourth-order valence-electron chi connectivity index (χ4n) is 5.65. The van der Waals surface area contributed by atoms with Gasteiger partial charge in [0.05, 0.1) is 19.1 Å². The van der Waals surface area contributed by atoms with E-state index in [4.69, 9.17) is 4.74 Å². The number of aliphatic hydroxyl groups is 1. The number of methoxy groups -OCH3 is 1. The van der Waals surface area contributed by atoms with Crippen LogP contribution in [0, 0.1) is 0 Å². The highest BCUT2D eigenvalue weighted by Gasteiger charge is 2.40. The normalized spacial score (nSPS) is 16.9. The minimum absolute atomic E-state index is 0.230. The second-order valence-corrected chi connectivity index (χ2v) is 12.1. The third-order valence-electron chi connectivity index (χ3n) is 7.71. The minimum atomic E-state index is -3.46. The smallest absolute Gasteiger partial charge is 0.232 e. The van der Waals surface area contributed by atoms with E-state index in [2.05, 4.69) is 11.8 Å². The van der Waals surface area contributed by atoms with Gasteiger partial charge in [0.1, 0.15) is 11.4 Å². The lowest BCUT2D eigenvalue weighted by Crippen LogP contribution is -2.40. The van der Waals surface area contributed by atoms with Gasteiger partial charge >= 0.3 is 0 Å². The Hall–Kier alpha value is -2.87. The monoisotopic (exact) mass is 536 g/mol. The van der Waals surface area contributed by atoms with Crippen molar-refractivity contribution in [2.24, 2.45) is 0 Å². The Morgan fingerprint density at radius 1 is 0.921 bits per heavy atom. The van der Waals surface area contributed by atoms with Crippen molar-refractivity contribution in [3.8, 4) is 5.75 Å². The van der Waals surface area contributed by atoms with Crippen LogP contribution in [0.5, 0.6) is 5.75 Å². The topological polar surface area (TPSA) is 70.1 Å². The SMILES string of the molecule is CCC(c1ccc(OC)cc1)C(O)(c1ccccc1)c1ccc(N(CCN2CCCCC2)S(C)(=O)=O)cc1. The molecule has 0 aliphatic carbocycles. The predicted octanol–water partition coefficient (Wildman–Crippen LogP) is 5.38. The summed E-state index contributed by atoms with van der Waals surface area (Å²) in [5.41, 5.74) is 1.82. The summed E-state index contributed by atoms with van der Waals surface area (Å²) in [6.07, 6.45) is 5.53. The lowest BCUT2D eigenvalue weighted by Gasteiger charge is -2.38. The summed E-state index contributed by atoms with van der Waals surface area (Å²) in [7, 11) is -1.82. The van der Waals surface area contributed by atoms with Gasteiger partial charge in [0.25, 0.3) is 0 Å². The van der Waals surface area contributed by atoms with E-state index in [-0.39, 0.29) is 5.92 Å². The van der Waals surface area contributed by atoms with Gasteiger partial charge in [-0.1, -0.05) is 67.9 Å². The number of rotatable bonds is 11. The summed E-state index contributed by atoms with van der Waals surface area (Å²) in [4.78, 5) is 2.34. The number of hydrogen-bond donors (Lipinski definition) is 1. The van der Waals surface area contributed by atoms with Crippen LogP contribution in [0.3, 0.4) is 0 Å². The van der Waals surface area contributed by atoms with E-state index in [0.717, 1.165) is 35.5 Å². The van der Waals surface area contributed by atoms with Gasteiger partial charge in [-0.05, 0) is 73.3 Å². The second-order valence-electron chi connectivity index (χ2n) is 10.2. The third kappa shape index (κ3) is 6.22. The molecule has 7 heteroatoms. The Balaban J connectivity index is 1.69. The molecule has 0 aromatic heterocycles. The maximum Gasteiger partial charge on any atom is 0.232 e. The number of piperidine rings is 1. The van der Waals surface area contributed by atoms with Crippen LogP contribution in [0.2, 0.25) is 0 Å². The van der Waals surface area contributed by atoms with E-state index in [9.17, 15) is 13.5 Å². The highest BCUT2D eigenvalue weighted by molar-refractivity contribution is 7.92. The molecule has 0 spiro atoms. The first-order valence-corrected chi connectivity index (χ1v) is 15.3. The fourth-order valence-corrected chi connectivity index (χ4v) is 6.57.